The van der Waals surface area contributed by atoms with Gasteiger partial charge in [-0.25, -0.2) is 8.42 Å². The number of ether oxygens (including phenoxy) is 1. The summed E-state index contributed by atoms with van der Waals surface area (Å²) >= 11 is 1.18. The van der Waals surface area contributed by atoms with E-state index in [2.05, 4.69) is 0 Å². The molecule has 1 aromatic carbocycles. The molecule has 1 aromatic heterocycles. The molecule has 2 aliphatic rings. The van der Waals surface area contributed by atoms with E-state index < -0.39 is 16.1 Å². The van der Waals surface area contributed by atoms with Crippen molar-refractivity contribution < 1.29 is 17.9 Å². The van der Waals surface area contributed by atoms with E-state index in [4.69, 9.17) is 4.74 Å². The second-order valence-electron chi connectivity index (χ2n) is 7.47. The zero-order chi connectivity index (χ0) is 19.9. The Morgan fingerprint density at radius 3 is 2.39 bits per heavy atom. The van der Waals surface area contributed by atoms with Gasteiger partial charge in [0.05, 0.1) is 12.2 Å². The summed E-state index contributed by atoms with van der Waals surface area (Å²) in [5.41, 5.74) is 1.99. The third-order valence-corrected chi connectivity index (χ3v) is 8.51. The maximum atomic E-state index is 13.4. The highest BCUT2D eigenvalue weighted by atomic mass is 32.2. The molecule has 1 saturated heterocycles. The van der Waals surface area contributed by atoms with Crippen molar-refractivity contribution in [1.82, 2.24) is 9.21 Å². The zero-order valence-electron chi connectivity index (χ0n) is 15.9. The fourth-order valence-corrected chi connectivity index (χ4v) is 6.74. The third kappa shape index (κ3) is 3.61. The van der Waals surface area contributed by atoms with Crippen LogP contribution in [0.2, 0.25) is 0 Å². The molecular weight excluding hydrogens is 396 g/mol. The van der Waals surface area contributed by atoms with Crippen molar-refractivity contribution in [2.45, 2.75) is 49.3 Å². The molecule has 3 atom stereocenters. The first kappa shape index (κ1) is 19.6. The van der Waals surface area contributed by atoms with E-state index in [0.29, 0.717) is 19.5 Å². The summed E-state index contributed by atoms with van der Waals surface area (Å²) in [6.45, 7) is 5.04. The second kappa shape index (κ2) is 7.59. The summed E-state index contributed by atoms with van der Waals surface area (Å²) in [7, 11) is -3.75. The molecule has 8 heteroatoms. The number of sulfonamides is 1. The van der Waals surface area contributed by atoms with E-state index in [1.54, 1.807) is 22.4 Å². The lowest BCUT2D eigenvalue weighted by atomic mass is 9.95. The Bertz CT molecular complexity index is 948. The van der Waals surface area contributed by atoms with E-state index in [-0.39, 0.29) is 28.9 Å². The van der Waals surface area contributed by atoms with Crippen LogP contribution in [-0.4, -0.2) is 54.9 Å². The Hall–Kier alpha value is -1.74. The summed E-state index contributed by atoms with van der Waals surface area (Å²) in [5, 5.41) is 1.74. The number of carbonyl (C=O) groups excluding carboxylic acids is 1. The summed E-state index contributed by atoms with van der Waals surface area (Å²) in [5.74, 6) is -0.142. The minimum Gasteiger partial charge on any atom is -0.372 e. The van der Waals surface area contributed by atoms with Crippen LogP contribution in [0.1, 0.15) is 25.0 Å². The molecule has 0 bridgehead atoms. The van der Waals surface area contributed by atoms with Crippen molar-refractivity contribution in [2.24, 2.45) is 0 Å². The van der Waals surface area contributed by atoms with E-state index in [9.17, 15) is 13.2 Å². The third-order valence-electron chi connectivity index (χ3n) is 5.28. The predicted octanol–water partition coefficient (Wildman–Crippen LogP) is 2.50. The second-order valence-corrected chi connectivity index (χ2v) is 10.5. The van der Waals surface area contributed by atoms with Crippen LogP contribution >= 0.6 is 11.3 Å². The Morgan fingerprint density at radius 2 is 1.75 bits per heavy atom. The smallest absolute Gasteiger partial charge is 0.253 e. The molecule has 28 heavy (non-hydrogen) atoms. The van der Waals surface area contributed by atoms with E-state index in [0.717, 1.165) is 11.1 Å². The maximum Gasteiger partial charge on any atom is 0.253 e. The molecule has 0 radical (unpaired) electrons. The molecular formula is C20H24N2O4S2. The van der Waals surface area contributed by atoms with Crippen LogP contribution in [0.3, 0.4) is 0 Å². The fourth-order valence-electron chi connectivity index (χ4n) is 4.06. The number of nitrogens with zero attached hydrogens (tertiary/aromatic N) is 2. The van der Waals surface area contributed by atoms with Gasteiger partial charge in [-0.2, -0.15) is 4.31 Å². The first-order valence-electron chi connectivity index (χ1n) is 9.42. The van der Waals surface area contributed by atoms with Crippen molar-refractivity contribution in [3.63, 3.8) is 0 Å². The lowest BCUT2D eigenvalue weighted by molar-refractivity contribution is -0.147. The van der Waals surface area contributed by atoms with Gasteiger partial charge in [-0.3, -0.25) is 4.79 Å². The van der Waals surface area contributed by atoms with E-state index in [1.165, 1.54) is 15.6 Å². The van der Waals surface area contributed by atoms with Crippen LogP contribution in [0.15, 0.2) is 46.0 Å². The van der Waals surface area contributed by atoms with Crippen LogP contribution in [0, 0.1) is 0 Å². The zero-order valence-corrected chi connectivity index (χ0v) is 17.6. The van der Waals surface area contributed by atoms with Crippen molar-refractivity contribution >= 4 is 27.3 Å². The molecule has 0 spiro atoms. The van der Waals surface area contributed by atoms with Crippen LogP contribution in [0.4, 0.5) is 0 Å². The summed E-state index contributed by atoms with van der Waals surface area (Å²) in [6.07, 6.45) is 0.261. The SMILES string of the molecule is C[C@@H]1CN(C(=O)[C@H]2Cc3ccccc3CN2S(=O)(=O)c2cccs2)C[C@@H](C)O1. The highest BCUT2D eigenvalue weighted by Crippen LogP contribution is 2.32. The Morgan fingerprint density at radius 1 is 1.07 bits per heavy atom. The standard InChI is InChI=1S/C20H24N2O4S2/c1-14-11-21(12-15(2)26-14)20(23)18-10-16-6-3-4-7-17(16)13-22(18)28(24,25)19-8-5-9-27-19/h3-9,14-15,18H,10-13H2,1-2H3/t14-,15-,18-/m1/s1. The number of morpholine rings is 1. The first-order chi connectivity index (χ1) is 13.4. The minimum atomic E-state index is -3.75. The Balaban J connectivity index is 1.71. The van der Waals surface area contributed by atoms with Crippen LogP contribution in [0.5, 0.6) is 0 Å². The largest absolute Gasteiger partial charge is 0.372 e. The number of amides is 1. The molecule has 0 saturated carbocycles. The maximum absolute atomic E-state index is 13.4. The Labute approximate surface area is 169 Å². The van der Waals surface area contributed by atoms with Crippen molar-refractivity contribution in [3.05, 3.63) is 52.9 Å². The molecule has 3 heterocycles. The highest BCUT2D eigenvalue weighted by Gasteiger charge is 2.42. The molecule has 2 aromatic rings. The number of carbonyl (C=O) groups is 1. The molecule has 2 aliphatic heterocycles. The first-order valence-corrected chi connectivity index (χ1v) is 11.7. The van der Waals surface area contributed by atoms with Gasteiger partial charge in [0.15, 0.2) is 0 Å². The lowest BCUT2D eigenvalue weighted by Crippen LogP contribution is -2.57. The summed E-state index contributed by atoms with van der Waals surface area (Å²) < 4.78 is 34.0. The molecule has 1 amide bonds. The summed E-state index contributed by atoms with van der Waals surface area (Å²) in [4.78, 5) is 15.2. The lowest BCUT2D eigenvalue weighted by Gasteiger charge is -2.41. The average Bonchev–Trinajstić information content (AvgIpc) is 3.21. The molecule has 150 valence electrons. The van der Waals surface area contributed by atoms with Gasteiger partial charge in [-0.1, -0.05) is 30.3 Å². The van der Waals surface area contributed by atoms with Crippen LogP contribution < -0.4 is 0 Å². The number of rotatable bonds is 3. The van der Waals surface area contributed by atoms with Gasteiger partial charge in [0.25, 0.3) is 10.0 Å². The van der Waals surface area contributed by atoms with Gasteiger partial charge in [-0.15, -0.1) is 11.3 Å². The van der Waals surface area contributed by atoms with Gasteiger partial charge in [0.1, 0.15) is 10.3 Å². The average molecular weight is 421 g/mol. The molecule has 0 aliphatic carbocycles. The van der Waals surface area contributed by atoms with Crippen molar-refractivity contribution in [1.29, 1.82) is 0 Å². The topological polar surface area (TPSA) is 66.9 Å². The molecule has 0 unspecified atom stereocenters. The number of hydrogen-bond donors (Lipinski definition) is 0. The summed E-state index contributed by atoms with van der Waals surface area (Å²) in [6, 6.07) is 10.3. The quantitative estimate of drug-likeness (QED) is 0.765. The molecule has 1 fully saturated rings. The van der Waals surface area contributed by atoms with Gasteiger partial charge in [0, 0.05) is 19.6 Å². The van der Waals surface area contributed by atoms with Gasteiger partial charge < -0.3 is 9.64 Å². The number of benzene rings is 1. The van der Waals surface area contributed by atoms with Gasteiger partial charge in [-0.05, 0) is 42.8 Å². The van der Waals surface area contributed by atoms with Crippen LogP contribution in [0.25, 0.3) is 0 Å². The van der Waals surface area contributed by atoms with E-state index >= 15 is 0 Å². The van der Waals surface area contributed by atoms with Gasteiger partial charge in [0.2, 0.25) is 5.91 Å². The Kier molecular flexibility index (Phi) is 5.30. The monoisotopic (exact) mass is 420 g/mol. The van der Waals surface area contributed by atoms with Crippen LogP contribution in [-0.2, 0) is 32.5 Å². The van der Waals surface area contributed by atoms with Gasteiger partial charge >= 0.3 is 0 Å². The fraction of sp³-hybridized carbons (Fsp3) is 0.450. The minimum absolute atomic E-state index is 0.0640. The van der Waals surface area contributed by atoms with Crippen molar-refractivity contribution in [2.75, 3.05) is 13.1 Å². The molecule has 6 nitrogen and oxygen atoms in total. The van der Waals surface area contributed by atoms with Crippen molar-refractivity contribution in [3.8, 4) is 0 Å². The molecule has 4 rings (SSSR count). The van der Waals surface area contributed by atoms with E-state index in [1.807, 2.05) is 38.1 Å². The normalized spacial score (nSPS) is 26.1. The number of hydrogen-bond acceptors (Lipinski definition) is 5. The number of fused-ring (bicyclic) bond motifs is 1. The predicted molar refractivity (Wildman–Crippen MR) is 108 cm³/mol. The highest BCUT2D eigenvalue weighted by molar-refractivity contribution is 7.91. The number of thiophene rings is 1. The molecule has 0 N–H and O–H groups in total.